The van der Waals surface area contributed by atoms with Gasteiger partial charge < -0.3 is 0 Å². The summed E-state index contributed by atoms with van der Waals surface area (Å²) in [5.74, 6) is 1.89. The van der Waals surface area contributed by atoms with Gasteiger partial charge in [-0.15, -0.1) is 5.10 Å². The zero-order valence-corrected chi connectivity index (χ0v) is 13.5. The summed E-state index contributed by atoms with van der Waals surface area (Å²) < 4.78 is 1.86. The molecule has 4 nitrogen and oxygen atoms in total. The molecule has 0 amide bonds. The van der Waals surface area contributed by atoms with Crippen LogP contribution in [0.4, 0.5) is 0 Å². The first kappa shape index (κ1) is 14.2. The summed E-state index contributed by atoms with van der Waals surface area (Å²) in [5.41, 5.74) is 1.08. The zero-order valence-electron chi connectivity index (χ0n) is 11.9. The predicted molar refractivity (Wildman–Crippen MR) is 88.3 cm³/mol. The number of hydrogen-bond acceptors (Lipinski definition) is 3. The van der Waals surface area contributed by atoms with E-state index in [4.69, 9.17) is 11.6 Å². The van der Waals surface area contributed by atoms with Crippen molar-refractivity contribution in [1.29, 1.82) is 0 Å². The maximum absolute atomic E-state index is 12.1. The molecule has 1 fully saturated rings. The molecule has 1 saturated carbocycles. The van der Waals surface area contributed by atoms with E-state index in [0.717, 1.165) is 22.4 Å². The van der Waals surface area contributed by atoms with Crippen LogP contribution < -0.4 is 5.69 Å². The number of aromatic amines is 1. The first-order valence-electron chi connectivity index (χ1n) is 7.43. The molecule has 114 valence electrons. The smallest absolute Gasteiger partial charge is 0.266 e. The molecule has 3 atom stereocenters. The number of halogens is 1. The summed E-state index contributed by atoms with van der Waals surface area (Å²) in [6, 6.07) is 8.04. The number of thioether (sulfide) groups is 1. The molecule has 1 aromatic heterocycles. The highest BCUT2D eigenvalue weighted by molar-refractivity contribution is 7.98. The molecular weight excluding hydrogens is 318 g/mol. The fourth-order valence-corrected chi connectivity index (χ4v) is 4.54. The summed E-state index contributed by atoms with van der Waals surface area (Å²) >= 11 is 7.50. The molecule has 2 aliphatic rings. The van der Waals surface area contributed by atoms with Crippen molar-refractivity contribution in [1.82, 2.24) is 14.8 Å². The van der Waals surface area contributed by atoms with E-state index >= 15 is 0 Å². The van der Waals surface area contributed by atoms with Gasteiger partial charge in [0.2, 0.25) is 0 Å². The molecule has 1 aromatic carbocycles. The Morgan fingerprint density at radius 1 is 1.27 bits per heavy atom. The van der Waals surface area contributed by atoms with Crippen LogP contribution in [0, 0.1) is 11.8 Å². The Kier molecular flexibility index (Phi) is 3.62. The van der Waals surface area contributed by atoms with Gasteiger partial charge in [0.15, 0.2) is 5.16 Å². The van der Waals surface area contributed by atoms with Crippen LogP contribution in [-0.4, -0.2) is 14.8 Å². The second kappa shape index (κ2) is 5.63. The highest BCUT2D eigenvalue weighted by Crippen LogP contribution is 2.46. The first-order chi connectivity index (χ1) is 10.7. The van der Waals surface area contributed by atoms with E-state index in [-0.39, 0.29) is 11.7 Å². The van der Waals surface area contributed by atoms with E-state index < -0.39 is 0 Å². The molecule has 4 rings (SSSR count). The minimum Gasteiger partial charge on any atom is -0.266 e. The molecule has 0 saturated heterocycles. The molecule has 1 heterocycles. The average molecular weight is 334 g/mol. The molecule has 1 N–H and O–H groups in total. The second-order valence-electron chi connectivity index (χ2n) is 5.94. The number of H-pyrrole nitrogens is 1. The summed E-state index contributed by atoms with van der Waals surface area (Å²) in [4.78, 5) is 12.1. The van der Waals surface area contributed by atoms with Gasteiger partial charge in [-0.3, -0.25) is 4.57 Å². The van der Waals surface area contributed by atoms with Crippen molar-refractivity contribution >= 4 is 23.4 Å². The summed E-state index contributed by atoms with van der Waals surface area (Å²) in [5, 5.41) is 8.34. The van der Waals surface area contributed by atoms with E-state index in [9.17, 15) is 4.79 Å². The van der Waals surface area contributed by atoms with E-state index in [1.165, 1.54) is 12.0 Å². The minimum atomic E-state index is -0.0930. The van der Waals surface area contributed by atoms with Gasteiger partial charge in [0.05, 0.1) is 0 Å². The van der Waals surface area contributed by atoms with Crippen LogP contribution in [-0.2, 0) is 5.75 Å². The molecule has 6 heteroatoms. The van der Waals surface area contributed by atoms with Gasteiger partial charge in [-0.25, -0.2) is 9.89 Å². The van der Waals surface area contributed by atoms with Gasteiger partial charge >= 0.3 is 5.69 Å². The molecule has 2 aromatic rings. The number of benzene rings is 1. The van der Waals surface area contributed by atoms with E-state index in [1.807, 2.05) is 28.8 Å². The van der Waals surface area contributed by atoms with Crippen LogP contribution in [0.5, 0.6) is 0 Å². The molecule has 2 bridgehead atoms. The van der Waals surface area contributed by atoms with Crippen molar-refractivity contribution in [2.75, 3.05) is 0 Å². The first-order valence-corrected chi connectivity index (χ1v) is 8.79. The predicted octanol–water partition coefficient (Wildman–Crippen LogP) is 3.65. The highest BCUT2D eigenvalue weighted by atomic mass is 35.5. The van der Waals surface area contributed by atoms with E-state index in [0.29, 0.717) is 11.8 Å². The largest absolute Gasteiger partial charge is 0.344 e. The third-order valence-corrected chi connectivity index (χ3v) is 5.80. The Morgan fingerprint density at radius 3 is 2.77 bits per heavy atom. The van der Waals surface area contributed by atoms with Crippen LogP contribution in [0.1, 0.15) is 24.4 Å². The van der Waals surface area contributed by atoms with Crippen molar-refractivity contribution in [3.63, 3.8) is 0 Å². The maximum atomic E-state index is 12.1. The monoisotopic (exact) mass is 333 g/mol. The summed E-state index contributed by atoms with van der Waals surface area (Å²) in [7, 11) is 0. The Balaban J connectivity index is 1.54. The van der Waals surface area contributed by atoms with Crippen molar-refractivity contribution in [2.24, 2.45) is 11.8 Å². The van der Waals surface area contributed by atoms with Crippen LogP contribution in [0.25, 0.3) is 0 Å². The minimum absolute atomic E-state index is 0.0930. The third-order valence-electron chi connectivity index (χ3n) is 4.53. The fourth-order valence-electron chi connectivity index (χ4n) is 3.46. The average Bonchev–Trinajstić information content (AvgIpc) is 3.22. The van der Waals surface area contributed by atoms with E-state index in [1.54, 1.807) is 11.8 Å². The van der Waals surface area contributed by atoms with Gasteiger partial charge in [-0.05, 0) is 42.4 Å². The number of rotatable bonds is 4. The topological polar surface area (TPSA) is 50.7 Å². The molecule has 0 radical (unpaired) electrons. The maximum Gasteiger partial charge on any atom is 0.344 e. The van der Waals surface area contributed by atoms with Crippen molar-refractivity contribution < 1.29 is 0 Å². The van der Waals surface area contributed by atoms with Crippen molar-refractivity contribution in [3.8, 4) is 0 Å². The summed E-state index contributed by atoms with van der Waals surface area (Å²) in [6.45, 7) is 0. The molecular formula is C16H16ClN3OS. The Hall–Kier alpha value is -1.46. The van der Waals surface area contributed by atoms with Crippen LogP contribution in [0.2, 0.25) is 5.02 Å². The molecule has 0 spiro atoms. The quantitative estimate of drug-likeness (QED) is 0.686. The van der Waals surface area contributed by atoms with E-state index in [2.05, 4.69) is 22.3 Å². The highest BCUT2D eigenvalue weighted by Gasteiger charge is 2.38. The fraction of sp³-hybridized carbons (Fsp3) is 0.375. The lowest BCUT2D eigenvalue weighted by Crippen LogP contribution is -2.25. The van der Waals surface area contributed by atoms with Gasteiger partial charge in [0.25, 0.3) is 0 Å². The second-order valence-corrected chi connectivity index (χ2v) is 7.32. The lowest BCUT2D eigenvalue weighted by atomic mass is 10.0. The Morgan fingerprint density at radius 2 is 2.09 bits per heavy atom. The Bertz CT molecular complexity index is 764. The third kappa shape index (κ3) is 2.52. The normalized spacial score (nSPS) is 26.0. The molecule has 0 aliphatic heterocycles. The lowest BCUT2D eigenvalue weighted by molar-refractivity contribution is 0.396. The Labute approximate surface area is 137 Å². The molecule has 2 aliphatic carbocycles. The van der Waals surface area contributed by atoms with Crippen LogP contribution in [0.15, 0.2) is 46.4 Å². The van der Waals surface area contributed by atoms with Crippen molar-refractivity contribution in [2.45, 2.75) is 29.8 Å². The lowest BCUT2D eigenvalue weighted by Gasteiger charge is -2.20. The number of aromatic nitrogens is 3. The zero-order chi connectivity index (χ0) is 15.1. The van der Waals surface area contributed by atoms with Gasteiger partial charge in [-0.1, -0.05) is 47.6 Å². The number of nitrogens with one attached hydrogen (secondary N) is 1. The SMILES string of the molecule is O=c1[nH]nc(SCc2ccc(Cl)cc2)n1C1CC2C=CC1C2. The standard InChI is InChI=1S/C16H16ClN3OS/c17-13-5-2-10(3-6-13)9-22-16-19-18-15(21)20(16)14-8-11-1-4-12(14)7-11/h1-6,11-12,14H,7-9H2,(H,18,21). The van der Waals surface area contributed by atoms with Crippen LogP contribution >= 0.6 is 23.4 Å². The van der Waals surface area contributed by atoms with Gasteiger partial charge in [-0.2, -0.15) is 0 Å². The van der Waals surface area contributed by atoms with Crippen molar-refractivity contribution in [3.05, 3.63) is 57.5 Å². The number of allylic oxidation sites excluding steroid dienone is 2. The molecule has 3 unspecified atom stereocenters. The molecule has 22 heavy (non-hydrogen) atoms. The van der Waals surface area contributed by atoms with Crippen LogP contribution in [0.3, 0.4) is 0 Å². The summed E-state index contributed by atoms with van der Waals surface area (Å²) in [6.07, 6.45) is 6.76. The van der Waals surface area contributed by atoms with Gasteiger partial charge in [0, 0.05) is 16.8 Å². The number of hydrogen-bond donors (Lipinski definition) is 1. The number of nitrogens with zero attached hydrogens (tertiary/aromatic N) is 2. The van der Waals surface area contributed by atoms with Gasteiger partial charge in [0.1, 0.15) is 0 Å². The number of fused-ring (bicyclic) bond motifs is 2.